The molecule has 14 heavy (non-hydrogen) atoms. The topological polar surface area (TPSA) is 32.3 Å². The normalized spacial score (nSPS) is 12.9. The minimum atomic E-state index is -1.52. The Hall–Kier alpha value is -1.07. The van der Waals surface area contributed by atoms with E-state index in [-0.39, 0.29) is 5.56 Å². The largest absolute Gasteiger partial charge is 0.394 e. The van der Waals surface area contributed by atoms with Crippen molar-refractivity contribution in [2.45, 2.75) is 6.04 Å². The van der Waals surface area contributed by atoms with Crippen molar-refractivity contribution in [3.8, 4) is 0 Å². The zero-order valence-corrected chi connectivity index (χ0v) is 7.52. The maximum Gasteiger partial charge on any atom is 0.194 e. The average Bonchev–Trinajstić information content (AvgIpc) is 2.19. The van der Waals surface area contributed by atoms with Crippen LogP contribution in [0.25, 0.3) is 0 Å². The van der Waals surface area contributed by atoms with Gasteiger partial charge in [0.2, 0.25) is 0 Å². The molecular formula is C9H10F3NO. The van der Waals surface area contributed by atoms with E-state index >= 15 is 0 Å². The average molecular weight is 205 g/mol. The van der Waals surface area contributed by atoms with E-state index in [2.05, 4.69) is 5.32 Å². The molecule has 1 aromatic rings. The summed E-state index contributed by atoms with van der Waals surface area (Å²) in [5.41, 5.74) is -0.0890. The van der Waals surface area contributed by atoms with Gasteiger partial charge in [-0.25, -0.2) is 13.2 Å². The molecule has 0 aliphatic heterocycles. The van der Waals surface area contributed by atoms with Crippen molar-refractivity contribution in [2.75, 3.05) is 13.7 Å². The first-order valence-corrected chi connectivity index (χ1v) is 4.03. The van der Waals surface area contributed by atoms with E-state index in [4.69, 9.17) is 5.11 Å². The molecule has 0 bridgehead atoms. The van der Waals surface area contributed by atoms with Crippen LogP contribution in [0.15, 0.2) is 12.1 Å². The molecule has 0 saturated carbocycles. The third-order valence-electron chi connectivity index (χ3n) is 1.97. The number of rotatable bonds is 3. The number of likely N-dealkylation sites (N-methyl/N-ethyl adjacent to an activating group) is 1. The molecule has 0 saturated heterocycles. The SMILES string of the molecule is CN[C@H](CO)c1ccc(F)c(F)c1F. The van der Waals surface area contributed by atoms with Gasteiger partial charge in [-0.1, -0.05) is 6.07 Å². The van der Waals surface area contributed by atoms with Gasteiger partial charge in [-0.05, 0) is 13.1 Å². The van der Waals surface area contributed by atoms with Crippen LogP contribution in [0.2, 0.25) is 0 Å². The highest BCUT2D eigenvalue weighted by Crippen LogP contribution is 2.20. The summed E-state index contributed by atoms with van der Waals surface area (Å²) in [5.74, 6) is -4.02. The number of hydrogen-bond donors (Lipinski definition) is 2. The number of aliphatic hydroxyl groups is 1. The molecule has 1 atom stereocenters. The van der Waals surface area contributed by atoms with Crippen LogP contribution >= 0.6 is 0 Å². The van der Waals surface area contributed by atoms with Crippen LogP contribution in [0.4, 0.5) is 13.2 Å². The second-order valence-electron chi connectivity index (χ2n) is 2.79. The highest BCUT2D eigenvalue weighted by atomic mass is 19.2. The predicted octanol–water partition coefficient (Wildman–Crippen LogP) is 1.36. The quantitative estimate of drug-likeness (QED) is 0.730. The molecule has 0 heterocycles. The first kappa shape index (κ1) is 11.0. The van der Waals surface area contributed by atoms with E-state index < -0.39 is 30.1 Å². The Morgan fingerprint density at radius 2 is 1.93 bits per heavy atom. The molecule has 2 nitrogen and oxygen atoms in total. The first-order valence-electron chi connectivity index (χ1n) is 4.03. The van der Waals surface area contributed by atoms with Gasteiger partial charge >= 0.3 is 0 Å². The van der Waals surface area contributed by atoms with Gasteiger partial charge in [-0.15, -0.1) is 0 Å². The second-order valence-corrected chi connectivity index (χ2v) is 2.79. The van der Waals surface area contributed by atoms with Gasteiger partial charge in [-0.3, -0.25) is 0 Å². The van der Waals surface area contributed by atoms with E-state index in [0.717, 1.165) is 12.1 Å². The first-order chi connectivity index (χ1) is 6.61. The summed E-state index contributed by atoms with van der Waals surface area (Å²) in [4.78, 5) is 0. The number of halogens is 3. The minimum absolute atomic E-state index is 0.0890. The molecule has 1 rings (SSSR count). The van der Waals surface area contributed by atoms with E-state index in [1.54, 1.807) is 0 Å². The Morgan fingerprint density at radius 1 is 1.29 bits per heavy atom. The minimum Gasteiger partial charge on any atom is -0.394 e. The maximum absolute atomic E-state index is 13.1. The Labute approximate surface area is 79.4 Å². The van der Waals surface area contributed by atoms with Gasteiger partial charge in [0.05, 0.1) is 12.6 Å². The molecule has 2 N–H and O–H groups in total. The Kier molecular flexibility index (Phi) is 3.49. The molecule has 0 aliphatic carbocycles. The molecular weight excluding hydrogens is 195 g/mol. The van der Waals surface area contributed by atoms with Gasteiger partial charge in [-0.2, -0.15) is 0 Å². The molecule has 0 amide bonds. The van der Waals surface area contributed by atoms with Crippen molar-refractivity contribution in [3.05, 3.63) is 35.1 Å². The zero-order valence-electron chi connectivity index (χ0n) is 7.52. The molecule has 0 aromatic heterocycles. The summed E-state index contributed by atoms with van der Waals surface area (Å²) in [6, 6.07) is 1.20. The molecule has 78 valence electrons. The number of nitrogens with one attached hydrogen (secondary N) is 1. The molecule has 0 unspecified atom stereocenters. The molecule has 0 aliphatic rings. The van der Waals surface area contributed by atoms with Crippen molar-refractivity contribution >= 4 is 0 Å². The molecule has 0 radical (unpaired) electrons. The standard InChI is InChI=1S/C9H10F3NO/c1-13-7(4-14)5-2-3-6(10)9(12)8(5)11/h2-3,7,13-14H,4H2,1H3/t7-/m1/s1. The lowest BCUT2D eigenvalue weighted by atomic mass is 10.1. The Morgan fingerprint density at radius 3 is 2.43 bits per heavy atom. The van der Waals surface area contributed by atoms with E-state index in [0.29, 0.717) is 0 Å². The third kappa shape index (κ3) is 1.88. The van der Waals surface area contributed by atoms with Gasteiger partial charge in [0, 0.05) is 5.56 Å². The summed E-state index contributed by atoms with van der Waals surface area (Å²) >= 11 is 0. The third-order valence-corrected chi connectivity index (χ3v) is 1.97. The van der Waals surface area contributed by atoms with Gasteiger partial charge in [0.15, 0.2) is 17.5 Å². The van der Waals surface area contributed by atoms with Crippen LogP contribution in [0.3, 0.4) is 0 Å². The van der Waals surface area contributed by atoms with Crippen molar-refractivity contribution in [1.29, 1.82) is 0 Å². The van der Waals surface area contributed by atoms with Crippen LogP contribution in [0.5, 0.6) is 0 Å². The lowest BCUT2D eigenvalue weighted by Gasteiger charge is -2.14. The molecule has 5 heteroatoms. The van der Waals surface area contributed by atoms with E-state index in [9.17, 15) is 13.2 Å². The lowest BCUT2D eigenvalue weighted by molar-refractivity contribution is 0.246. The number of hydrogen-bond acceptors (Lipinski definition) is 2. The number of aliphatic hydroxyl groups excluding tert-OH is 1. The van der Waals surface area contributed by atoms with Gasteiger partial charge in [0.1, 0.15) is 0 Å². The fourth-order valence-corrected chi connectivity index (χ4v) is 1.16. The fourth-order valence-electron chi connectivity index (χ4n) is 1.16. The fraction of sp³-hybridized carbons (Fsp3) is 0.333. The summed E-state index contributed by atoms with van der Waals surface area (Å²) in [6.07, 6.45) is 0. The van der Waals surface area contributed by atoms with Crippen LogP contribution in [-0.4, -0.2) is 18.8 Å². The molecule has 1 aromatic carbocycles. The number of benzene rings is 1. The smallest absolute Gasteiger partial charge is 0.194 e. The monoisotopic (exact) mass is 205 g/mol. The molecule has 0 fully saturated rings. The highest BCUT2D eigenvalue weighted by molar-refractivity contribution is 5.23. The summed E-state index contributed by atoms with van der Waals surface area (Å²) < 4.78 is 38.4. The van der Waals surface area contributed by atoms with Crippen LogP contribution in [0.1, 0.15) is 11.6 Å². The van der Waals surface area contributed by atoms with Gasteiger partial charge in [0.25, 0.3) is 0 Å². The summed E-state index contributed by atoms with van der Waals surface area (Å²) in [7, 11) is 1.49. The summed E-state index contributed by atoms with van der Waals surface area (Å²) in [5, 5.41) is 11.4. The van der Waals surface area contributed by atoms with Crippen LogP contribution in [0, 0.1) is 17.5 Å². The van der Waals surface area contributed by atoms with Crippen molar-refractivity contribution in [3.63, 3.8) is 0 Å². The summed E-state index contributed by atoms with van der Waals surface area (Å²) in [6.45, 7) is -0.390. The van der Waals surface area contributed by atoms with Gasteiger partial charge < -0.3 is 10.4 Å². The highest BCUT2D eigenvalue weighted by Gasteiger charge is 2.18. The van der Waals surface area contributed by atoms with Crippen molar-refractivity contribution in [2.24, 2.45) is 0 Å². The molecule has 0 spiro atoms. The van der Waals surface area contributed by atoms with Crippen molar-refractivity contribution < 1.29 is 18.3 Å². The Bertz CT molecular complexity index is 326. The van der Waals surface area contributed by atoms with Crippen LogP contribution in [-0.2, 0) is 0 Å². The van der Waals surface area contributed by atoms with E-state index in [1.165, 1.54) is 7.05 Å². The van der Waals surface area contributed by atoms with Crippen LogP contribution < -0.4 is 5.32 Å². The Balaban J connectivity index is 3.16. The maximum atomic E-state index is 13.1. The van der Waals surface area contributed by atoms with Crippen molar-refractivity contribution in [1.82, 2.24) is 5.32 Å². The lowest BCUT2D eigenvalue weighted by Crippen LogP contribution is -2.21. The predicted molar refractivity (Wildman–Crippen MR) is 45.2 cm³/mol. The second kappa shape index (κ2) is 4.43. The van der Waals surface area contributed by atoms with E-state index in [1.807, 2.05) is 0 Å². The zero-order chi connectivity index (χ0) is 10.7.